The van der Waals surface area contributed by atoms with E-state index in [1.807, 2.05) is 11.3 Å². The van der Waals surface area contributed by atoms with Crippen LogP contribution in [0.15, 0.2) is 17.5 Å². The third-order valence-corrected chi connectivity index (χ3v) is 4.52. The largest absolute Gasteiger partial charge is 0.315 e. The van der Waals surface area contributed by atoms with Crippen LogP contribution < -0.4 is 5.32 Å². The second kappa shape index (κ2) is 8.68. The molecule has 2 unspecified atom stereocenters. The summed E-state index contributed by atoms with van der Waals surface area (Å²) < 4.78 is 0. The van der Waals surface area contributed by atoms with Crippen molar-refractivity contribution < 1.29 is 0 Å². The summed E-state index contributed by atoms with van der Waals surface area (Å²) in [6.07, 6.45) is 3.59. The van der Waals surface area contributed by atoms with Crippen LogP contribution in [0.5, 0.6) is 0 Å². The Hall–Kier alpha value is -0.380. The first-order valence-electron chi connectivity index (χ1n) is 7.14. The molecule has 2 nitrogen and oxygen atoms in total. The molecule has 0 amide bonds. The Morgan fingerprint density at radius 2 is 2.17 bits per heavy atom. The molecule has 0 aliphatic rings. The monoisotopic (exact) mass is 268 g/mol. The lowest BCUT2D eigenvalue weighted by Crippen LogP contribution is -2.45. The zero-order valence-electron chi connectivity index (χ0n) is 12.3. The zero-order chi connectivity index (χ0) is 13.4. The van der Waals surface area contributed by atoms with Crippen molar-refractivity contribution in [2.75, 3.05) is 20.1 Å². The molecular weight excluding hydrogens is 240 g/mol. The first kappa shape index (κ1) is 15.7. The van der Waals surface area contributed by atoms with Crippen LogP contribution in [0, 0.1) is 0 Å². The molecule has 0 aliphatic carbocycles. The number of nitrogens with one attached hydrogen (secondary N) is 1. The number of hydrogen-bond donors (Lipinski definition) is 1. The van der Waals surface area contributed by atoms with E-state index in [0.29, 0.717) is 12.1 Å². The van der Waals surface area contributed by atoms with Crippen molar-refractivity contribution in [1.82, 2.24) is 10.2 Å². The lowest BCUT2D eigenvalue weighted by atomic mass is 10.1. The summed E-state index contributed by atoms with van der Waals surface area (Å²) in [6, 6.07) is 5.64. The van der Waals surface area contributed by atoms with Gasteiger partial charge in [0.2, 0.25) is 0 Å². The van der Waals surface area contributed by atoms with Gasteiger partial charge in [0.25, 0.3) is 0 Å². The molecule has 0 radical (unpaired) electrons. The fourth-order valence-corrected chi connectivity index (χ4v) is 3.07. The maximum Gasteiger partial charge on any atom is 0.0217 e. The van der Waals surface area contributed by atoms with Crippen LogP contribution in [0.1, 0.15) is 38.5 Å². The second-order valence-electron chi connectivity index (χ2n) is 5.06. The van der Waals surface area contributed by atoms with Crippen molar-refractivity contribution in [3.8, 4) is 0 Å². The molecule has 0 saturated heterocycles. The molecule has 18 heavy (non-hydrogen) atoms. The Balaban J connectivity index is 2.41. The van der Waals surface area contributed by atoms with Crippen LogP contribution in [0.2, 0.25) is 0 Å². The maximum atomic E-state index is 3.54. The number of likely N-dealkylation sites (N-methyl/N-ethyl adjacent to an activating group) is 1. The van der Waals surface area contributed by atoms with Crippen molar-refractivity contribution in [2.24, 2.45) is 0 Å². The van der Waals surface area contributed by atoms with Gasteiger partial charge in [-0.25, -0.2) is 0 Å². The van der Waals surface area contributed by atoms with Gasteiger partial charge in [-0.3, -0.25) is 4.90 Å². The molecule has 1 aromatic rings. The van der Waals surface area contributed by atoms with Crippen LogP contribution in [-0.4, -0.2) is 37.1 Å². The number of rotatable bonds is 9. The molecule has 104 valence electrons. The van der Waals surface area contributed by atoms with Gasteiger partial charge in [0, 0.05) is 23.5 Å². The Labute approximate surface area is 116 Å². The summed E-state index contributed by atoms with van der Waals surface area (Å²) in [4.78, 5) is 4.02. The molecule has 2 atom stereocenters. The summed E-state index contributed by atoms with van der Waals surface area (Å²) in [7, 11) is 2.26. The molecule has 1 rings (SSSR count). The molecule has 1 heterocycles. The smallest absolute Gasteiger partial charge is 0.0217 e. The van der Waals surface area contributed by atoms with E-state index in [2.05, 4.69) is 55.5 Å². The summed E-state index contributed by atoms with van der Waals surface area (Å²) in [5.74, 6) is 0. The van der Waals surface area contributed by atoms with Crippen molar-refractivity contribution in [3.05, 3.63) is 22.4 Å². The van der Waals surface area contributed by atoms with E-state index in [0.717, 1.165) is 13.1 Å². The number of hydrogen-bond acceptors (Lipinski definition) is 3. The quantitative estimate of drug-likeness (QED) is 0.691. The minimum Gasteiger partial charge on any atom is -0.315 e. The molecular formula is C15H28N2S. The normalized spacial score (nSPS) is 14.9. The SMILES string of the molecule is CCCNCC(CC)N(C)C(C)Cc1cccs1. The van der Waals surface area contributed by atoms with Gasteiger partial charge >= 0.3 is 0 Å². The minimum absolute atomic E-state index is 0.608. The van der Waals surface area contributed by atoms with E-state index in [1.165, 1.54) is 24.1 Å². The van der Waals surface area contributed by atoms with E-state index in [9.17, 15) is 0 Å². The summed E-state index contributed by atoms with van der Waals surface area (Å²) in [5.41, 5.74) is 0. The van der Waals surface area contributed by atoms with Gasteiger partial charge < -0.3 is 5.32 Å². The summed E-state index contributed by atoms with van der Waals surface area (Å²) >= 11 is 1.87. The molecule has 0 bridgehead atoms. The Morgan fingerprint density at radius 3 is 2.72 bits per heavy atom. The third kappa shape index (κ3) is 5.09. The average Bonchev–Trinajstić information content (AvgIpc) is 2.86. The van der Waals surface area contributed by atoms with E-state index in [-0.39, 0.29) is 0 Å². The van der Waals surface area contributed by atoms with E-state index < -0.39 is 0 Å². The van der Waals surface area contributed by atoms with Crippen molar-refractivity contribution in [3.63, 3.8) is 0 Å². The van der Waals surface area contributed by atoms with Gasteiger partial charge in [0.05, 0.1) is 0 Å². The van der Waals surface area contributed by atoms with Crippen LogP contribution in [-0.2, 0) is 6.42 Å². The first-order valence-corrected chi connectivity index (χ1v) is 8.02. The summed E-state index contributed by atoms with van der Waals surface area (Å²) in [6.45, 7) is 9.07. The van der Waals surface area contributed by atoms with Crippen molar-refractivity contribution in [2.45, 2.75) is 52.1 Å². The molecule has 0 saturated carbocycles. The van der Waals surface area contributed by atoms with Gasteiger partial charge in [0.15, 0.2) is 0 Å². The predicted octanol–water partition coefficient (Wildman–Crippen LogP) is 3.39. The lowest BCUT2D eigenvalue weighted by molar-refractivity contribution is 0.175. The Bertz CT molecular complexity index is 297. The van der Waals surface area contributed by atoms with Crippen LogP contribution >= 0.6 is 11.3 Å². The Morgan fingerprint density at radius 1 is 1.39 bits per heavy atom. The van der Waals surface area contributed by atoms with E-state index in [4.69, 9.17) is 0 Å². The van der Waals surface area contributed by atoms with E-state index >= 15 is 0 Å². The topological polar surface area (TPSA) is 15.3 Å². The fraction of sp³-hybridized carbons (Fsp3) is 0.733. The van der Waals surface area contributed by atoms with Gasteiger partial charge in [0.1, 0.15) is 0 Å². The highest BCUT2D eigenvalue weighted by molar-refractivity contribution is 7.09. The molecule has 0 aromatic carbocycles. The van der Waals surface area contributed by atoms with Gasteiger partial charge in [-0.05, 0) is 51.2 Å². The standard InChI is InChI=1S/C15H28N2S/c1-5-9-16-12-14(6-2)17(4)13(3)11-15-8-7-10-18-15/h7-8,10,13-14,16H,5-6,9,11-12H2,1-4H3. The lowest BCUT2D eigenvalue weighted by Gasteiger charge is -2.32. The van der Waals surface area contributed by atoms with Crippen molar-refractivity contribution in [1.29, 1.82) is 0 Å². The molecule has 0 spiro atoms. The third-order valence-electron chi connectivity index (χ3n) is 3.63. The van der Waals surface area contributed by atoms with Crippen LogP contribution in [0.4, 0.5) is 0 Å². The first-order chi connectivity index (χ1) is 8.69. The average molecular weight is 268 g/mol. The van der Waals surface area contributed by atoms with Gasteiger partial charge in [-0.15, -0.1) is 11.3 Å². The highest BCUT2D eigenvalue weighted by Crippen LogP contribution is 2.15. The van der Waals surface area contributed by atoms with Gasteiger partial charge in [-0.2, -0.15) is 0 Å². The number of thiophene rings is 1. The summed E-state index contributed by atoms with van der Waals surface area (Å²) in [5, 5.41) is 5.71. The maximum absolute atomic E-state index is 3.54. The predicted molar refractivity (Wildman–Crippen MR) is 82.5 cm³/mol. The van der Waals surface area contributed by atoms with E-state index in [1.54, 1.807) is 0 Å². The molecule has 1 aromatic heterocycles. The van der Waals surface area contributed by atoms with Crippen molar-refractivity contribution >= 4 is 11.3 Å². The Kier molecular flexibility index (Phi) is 7.56. The molecule has 0 fully saturated rings. The molecule has 3 heteroatoms. The fourth-order valence-electron chi connectivity index (χ4n) is 2.25. The number of nitrogens with zero attached hydrogens (tertiary/aromatic N) is 1. The minimum atomic E-state index is 0.608. The molecule has 0 aliphatic heterocycles. The second-order valence-corrected chi connectivity index (χ2v) is 6.10. The highest BCUT2D eigenvalue weighted by Gasteiger charge is 2.18. The van der Waals surface area contributed by atoms with Crippen LogP contribution in [0.3, 0.4) is 0 Å². The molecule has 1 N–H and O–H groups in total. The zero-order valence-corrected chi connectivity index (χ0v) is 13.1. The highest BCUT2D eigenvalue weighted by atomic mass is 32.1. The van der Waals surface area contributed by atoms with Gasteiger partial charge in [-0.1, -0.05) is 19.9 Å². The van der Waals surface area contributed by atoms with Crippen LogP contribution in [0.25, 0.3) is 0 Å².